The molecule has 1 aliphatic rings. The first kappa shape index (κ1) is 12.8. The number of carbonyl (C=O) groups is 1. The first-order valence-electron chi connectivity index (χ1n) is 4.62. The average molecular weight is 278 g/mol. The maximum atomic E-state index is 13.1. The van der Waals surface area contributed by atoms with Crippen molar-refractivity contribution in [1.82, 2.24) is 9.55 Å². The summed E-state index contributed by atoms with van der Waals surface area (Å²) < 4.78 is 18.3. The van der Waals surface area contributed by atoms with Gasteiger partial charge >= 0.3 is 16.7 Å². The Kier molecular flexibility index (Phi) is 3.00. The fourth-order valence-electron chi connectivity index (χ4n) is 1.44. The Hall–Kier alpha value is -1.65. The highest BCUT2D eigenvalue weighted by molar-refractivity contribution is 8.00. The molecule has 0 bridgehead atoms. The lowest BCUT2D eigenvalue weighted by atomic mass is 10.5. The van der Waals surface area contributed by atoms with Crippen molar-refractivity contribution in [1.29, 1.82) is 0 Å². The minimum absolute atomic E-state index is 0.112. The molecule has 3 N–H and O–H groups in total. The van der Waals surface area contributed by atoms with Gasteiger partial charge in [-0.2, -0.15) is 4.39 Å². The molecule has 98 valence electrons. The van der Waals surface area contributed by atoms with Gasteiger partial charge in [0.15, 0.2) is 6.29 Å². The minimum Gasteiger partial charge on any atom is -0.477 e. The molecule has 1 aromatic rings. The molecule has 2 heterocycles. The van der Waals surface area contributed by atoms with E-state index in [0.717, 1.165) is 0 Å². The second kappa shape index (κ2) is 4.23. The zero-order valence-electron chi connectivity index (χ0n) is 8.62. The van der Waals surface area contributed by atoms with Crippen LogP contribution in [0.4, 0.5) is 4.39 Å². The lowest BCUT2D eigenvalue weighted by Gasteiger charge is -2.24. The smallest absolute Gasteiger partial charge is 0.369 e. The third-order valence-electron chi connectivity index (χ3n) is 2.20. The van der Waals surface area contributed by atoms with Gasteiger partial charge in [0.2, 0.25) is 5.82 Å². The van der Waals surface area contributed by atoms with Gasteiger partial charge in [-0.3, -0.25) is 9.78 Å². The number of rotatable bonds is 2. The molecule has 8 nitrogen and oxygen atoms in total. The Balaban J connectivity index is 2.65. The summed E-state index contributed by atoms with van der Waals surface area (Å²) in [5.74, 6) is -3.04. The van der Waals surface area contributed by atoms with Crippen LogP contribution >= 0.6 is 11.8 Å². The maximum Gasteiger partial charge on any atom is 0.369 e. The molecule has 1 aromatic heterocycles. The lowest BCUT2D eigenvalue weighted by Crippen LogP contribution is -2.48. The Bertz CT molecular complexity index is 612. The zero-order chi connectivity index (χ0) is 13.5. The average Bonchev–Trinajstić information content (AvgIpc) is 2.67. The summed E-state index contributed by atoms with van der Waals surface area (Å²) >= 11 is 0.590. The zero-order valence-corrected chi connectivity index (χ0v) is 9.44. The number of thioether (sulfide) groups is 1. The van der Waals surface area contributed by atoms with Crippen molar-refractivity contribution >= 4 is 17.7 Å². The highest BCUT2D eigenvalue weighted by Crippen LogP contribution is 2.39. The van der Waals surface area contributed by atoms with Crippen LogP contribution in [0.15, 0.2) is 15.8 Å². The Morgan fingerprint density at radius 3 is 2.83 bits per heavy atom. The molecule has 10 heteroatoms. The van der Waals surface area contributed by atoms with Crippen LogP contribution < -0.4 is 11.2 Å². The lowest BCUT2D eigenvalue weighted by molar-refractivity contribution is -0.188. The standard InChI is InChI=1S/C8H7FN2O6S/c9-3-1-11(7(16)10-5(3)13)8(6(14)15)17-4(12)2-18-8/h1,4,12H,2H2,(H,14,15)(H,10,13,16)/t4-,8-/m1/s1. The van der Waals surface area contributed by atoms with E-state index in [2.05, 4.69) is 0 Å². The topological polar surface area (TPSA) is 122 Å². The third-order valence-corrected chi connectivity index (χ3v) is 3.51. The van der Waals surface area contributed by atoms with Crippen LogP contribution in [0, 0.1) is 5.82 Å². The molecule has 0 unspecified atom stereocenters. The number of carboxylic acid groups (broad SMARTS) is 1. The van der Waals surface area contributed by atoms with Gasteiger partial charge in [0, 0.05) is 5.75 Å². The van der Waals surface area contributed by atoms with E-state index in [0.29, 0.717) is 22.5 Å². The maximum absolute atomic E-state index is 13.1. The van der Waals surface area contributed by atoms with E-state index in [-0.39, 0.29) is 5.75 Å². The molecule has 0 amide bonds. The molecule has 0 saturated carbocycles. The van der Waals surface area contributed by atoms with E-state index in [1.54, 1.807) is 4.98 Å². The van der Waals surface area contributed by atoms with Gasteiger partial charge in [-0.05, 0) is 0 Å². The van der Waals surface area contributed by atoms with Gasteiger partial charge in [-0.25, -0.2) is 14.2 Å². The van der Waals surface area contributed by atoms with Crippen molar-refractivity contribution < 1.29 is 24.1 Å². The van der Waals surface area contributed by atoms with Gasteiger partial charge in [0.05, 0.1) is 6.20 Å². The van der Waals surface area contributed by atoms with Gasteiger partial charge in [0.25, 0.3) is 5.56 Å². The molecule has 0 spiro atoms. The highest BCUT2D eigenvalue weighted by Gasteiger charge is 2.50. The Labute approximate surface area is 102 Å². The largest absolute Gasteiger partial charge is 0.477 e. The van der Waals surface area contributed by atoms with Crippen LogP contribution in [0.2, 0.25) is 0 Å². The summed E-state index contributed by atoms with van der Waals surface area (Å²) in [7, 11) is 0. The van der Waals surface area contributed by atoms with E-state index in [4.69, 9.17) is 9.84 Å². The fraction of sp³-hybridized carbons (Fsp3) is 0.375. The molecule has 2 rings (SSSR count). The molecule has 0 aliphatic carbocycles. The summed E-state index contributed by atoms with van der Waals surface area (Å²) in [6.45, 7) is 0. The summed E-state index contributed by atoms with van der Waals surface area (Å²) in [5, 5.41) is 16.0. The number of hydrogen-bond donors (Lipinski definition) is 3. The van der Waals surface area contributed by atoms with Crippen LogP contribution in [0.5, 0.6) is 0 Å². The Morgan fingerprint density at radius 2 is 2.33 bits per heavy atom. The van der Waals surface area contributed by atoms with E-state index in [1.807, 2.05) is 0 Å². The van der Waals surface area contributed by atoms with Crippen LogP contribution in [-0.2, 0) is 14.6 Å². The van der Waals surface area contributed by atoms with Crippen LogP contribution in [0.1, 0.15) is 0 Å². The minimum atomic E-state index is -2.29. The fourth-order valence-corrected chi connectivity index (χ4v) is 2.46. The summed E-state index contributed by atoms with van der Waals surface area (Å²) in [4.78, 5) is 35.2. The molecule has 0 aromatic carbocycles. The molecular weight excluding hydrogens is 271 g/mol. The van der Waals surface area contributed by atoms with E-state index in [1.165, 1.54) is 0 Å². The number of halogens is 1. The van der Waals surface area contributed by atoms with Gasteiger partial charge < -0.3 is 14.9 Å². The molecule has 1 fully saturated rings. The number of ether oxygens (including phenoxy) is 1. The van der Waals surface area contributed by atoms with Gasteiger partial charge in [0.1, 0.15) is 0 Å². The number of aliphatic hydroxyl groups is 1. The number of nitrogens with zero attached hydrogens (tertiary/aromatic N) is 1. The number of hydrogen-bond acceptors (Lipinski definition) is 6. The number of carboxylic acids is 1. The highest BCUT2D eigenvalue weighted by atomic mass is 32.2. The number of H-pyrrole nitrogens is 1. The van der Waals surface area contributed by atoms with E-state index >= 15 is 0 Å². The van der Waals surface area contributed by atoms with Crippen molar-refractivity contribution in [2.75, 3.05) is 5.75 Å². The monoisotopic (exact) mass is 278 g/mol. The number of aromatic nitrogens is 2. The second-order valence-corrected chi connectivity index (χ2v) is 4.55. The first-order chi connectivity index (χ1) is 8.36. The molecule has 2 atom stereocenters. The van der Waals surface area contributed by atoms with Crippen molar-refractivity contribution in [3.63, 3.8) is 0 Å². The number of aromatic amines is 1. The van der Waals surface area contributed by atoms with Crippen molar-refractivity contribution in [3.05, 3.63) is 32.9 Å². The predicted molar refractivity (Wildman–Crippen MR) is 56.4 cm³/mol. The van der Waals surface area contributed by atoms with Crippen LogP contribution in [-0.4, -0.2) is 37.8 Å². The van der Waals surface area contributed by atoms with Crippen molar-refractivity contribution in [2.24, 2.45) is 0 Å². The Morgan fingerprint density at radius 1 is 1.67 bits per heavy atom. The van der Waals surface area contributed by atoms with E-state index in [9.17, 15) is 23.9 Å². The number of aliphatic carboxylic acids is 1. The quantitative estimate of drug-likeness (QED) is 0.598. The summed E-state index contributed by atoms with van der Waals surface area (Å²) in [6, 6.07) is 0. The second-order valence-electron chi connectivity index (χ2n) is 3.38. The predicted octanol–water partition coefficient (Wildman–Crippen LogP) is -1.55. The van der Waals surface area contributed by atoms with Gasteiger partial charge in [-0.1, -0.05) is 11.8 Å². The molecule has 1 aliphatic heterocycles. The molecule has 18 heavy (non-hydrogen) atoms. The first-order valence-corrected chi connectivity index (χ1v) is 5.60. The van der Waals surface area contributed by atoms with Crippen molar-refractivity contribution in [2.45, 2.75) is 11.3 Å². The summed E-state index contributed by atoms with van der Waals surface area (Å²) in [6.07, 6.45) is -0.978. The van der Waals surface area contributed by atoms with Crippen LogP contribution in [0.25, 0.3) is 0 Å². The third kappa shape index (κ3) is 1.83. The SMILES string of the molecule is O=C(O)[C@@]1(n2cc(F)c(=O)[nH]c2=O)O[C@@H](O)CS1. The molecular formula is C8H7FN2O6S. The van der Waals surface area contributed by atoms with Gasteiger partial charge in [-0.15, -0.1) is 0 Å². The normalized spacial score (nSPS) is 27.3. The van der Waals surface area contributed by atoms with E-state index < -0.39 is 34.4 Å². The number of nitrogens with one attached hydrogen (secondary N) is 1. The van der Waals surface area contributed by atoms with Crippen LogP contribution in [0.3, 0.4) is 0 Å². The summed E-state index contributed by atoms with van der Waals surface area (Å²) in [5.41, 5.74) is -2.41. The molecule has 0 radical (unpaired) electrons. The van der Waals surface area contributed by atoms with Crippen molar-refractivity contribution in [3.8, 4) is 0 Å². The number of aliphatic hydroxyl groups excluding tert-OH is 1. The molecule has 1 saturated heterocycles.